The predicted octanol–water partition coefficient (Wildman–Crippen LogP) is 4.92. The van der Waals surface area contributed by atoms with Crippen LogP contribution in [0.4, 0.5) is 5.69 Å². The molecule has 2 aromatic rings. The normalized spacial score (nSPS) is 10.5. The average Bonchev–Trinajstić information content (AvgIpc) is 2.55. The van der Waals surface area contributed by atoms with E-state index in [4.69, 9.17) is 16.7 Å². The summed E-state index contributed by atoms with van der Waals surface area (Å²) in [7, 11) is 0. The van der Waals surface area contributed by atoms with Crippen molar-refractivity contribution in [3.63, 3.8) is 0 Å². The number of halogens is 1. The van der Waals surface area contributed by atoms with Gasteiger partial charge in [0.2, 0.25) is 0 Å². The number of anilines is 1. The quantitative estimate of drug-likeness (QED) is 0.672. The van der Waals surface area contributed by atoms with Crippen LogP contribution in [0.3, 0.4) is 0 Å². The Morgan fingerprint density at radius 2 is 1.88 bits per heavy atom. The van der Waals surface area contributed by atoms with Crippen LogP contribution >= 0.6 is 23.4 Å². The Morgan fingerprint density at radius 3 is 2.60 bits per heavy atom. The number of rotatable bonds is 7. The van der Waals surface area contributed by atoms with Gasteiger partial charge < -0.3 is 10.4 Å². The number of carbonyl (C=O) groups excluding carboxylic acids is 1. The van der Waals surface area contributed by atoms with E-state index in [1.54, 1.807) is 23.9 Å². The summed E-state index contributed by atoms with van der Waals surface area (Å²) >= 11 is 7.74. The van der Waals surface area contributed by atoms with Crippen molar-refractivity contribution >= 4 is 40.9 Å². The van der Waals surface area contributed by atoms with Crippen molar-refractivity contribution in [1.29, 1.82) is 0 Å². The number of aryl methyl sites for hydroxylation is 2. The summed E-state index contributed by atoms with van der Waals surface area (Å²) in [5.41, 5.74) is 4.22. The number of benzene rings is 2. The van der Waals surface area contributed by atoms with Crippen LogP contribution < -0.4 is 5.32 Å². The van der Waals surface area contributed by atoms with Crippen LogP contribution in [0.2, 0.25) is 5.02 Å². The molecule has 0 saturated heterocycles. The average molecular weight is 378 g/mol. The first-order valence-electron chi connectivity index (χ1n) is 7.83. The Kier molecular flexibility index (Phi) is 6.91. The van der Waals surface area contributed by atoms with E-state index in [0.717, 1.165) is 16.7 Å². The summed E-state index contributed by atoms with van der Waals surface area (Å²) in [4.78, 5) is 23.0. The minimum absolute atomic E-state index is 0.145. The topological polar surface area (TPSA) is 66.4 Å². The smallest absolute Gasteiger partial charge is 0.304 e. The fourth-order valence-corrected chi connectivity index (χ4v) is 3.42. The molecule has 0 radical (unpaired) electrons. The molecule has 4 nitrogen and oxygen atoms in total. The van der Waals surface area contributed by atoms with Crippen LogP contribution in [0.25, 0.3) is 0 Å². The maximum atomic E-state index is 12.5. The fraction of sp³-hybridized carbons (Fsp3) is 0.263. The Bertz CT molecular complexity index is 792. The Morgan fingerprint density at radius 1 is 1.16 bits per heavy atom. The molecule has 0 fully saturated rings. The predicted molar refractivity (Wildman–Crippen MR) is 104 cm³/mol. The van der Waals surface area contributed by atoms with Gasteiger partial charge in [-0.3, -0.25) is 9.59 Å². The number of carboxylic acids is 1. The zero-order chi connectivity index (χ0) is 18.4. The molecule has 2 aromatic carbocycles. The number of nitrogens with one attached hydrogen (secondary N) is 1. The van der Waals surface area contributed by atoms with Gasteiger partial charge in [-0.25, -0.2) is 0 Å². The number of aliphatic carboxylic acids is 1. The lowest BCUT2D eigenvalue weighted by atomic mass is 10.1. The van der Waals surface area contributed by atoms with Crippen molar-refractivity contribution in [3.05, 3.63) is 63.7 Å². The number of thioether (sulfide) groups is 1. The second-order valence-electron chi connectivity index (χ2n) is 5.77. The van der Waals surface area contributed by atoms with Gasteiger partial charge in [-0.15, -0.1) is 0 Å². The molecule has 2 rings (SSSR count). The lowest BCUT2D eigenvalue weighted by molar-refractivity contribution is -0.136. The standard InChI is InChI=1S/C19H20ClNO3S/c1-12-8-16(17(20)9-13(12)2)19(24)21-15-5-3-4-14(10-15)11-25-7-6-18(22)23/h3-5,8-10H,6-7,11H2,1-2H3,(H,21,24)(H,22,23). The van der Waals surface area contributed by atoms with Crippen molar-refractivity contribution < 1.29 is 14.7 Å². The fourth-order valence-electron chi connectivity index (χ4n) is 2.24. The van der Waals surface area contributed by atoms with E-state index in [2.05, 4.69) is 5.32 Å². The van der Waals surface area contributed by atoms with E-state index in [0.29, 0.717) is 27.8 Å². The molecule has 2 N–H and O–H groups in total. The number of carboxylic acid groups (broad SMARTS) is 1. The van der Waals surface area contributed by atoms with E-state index >= 15 is 0 Å². The summed E-state index contributed by atoms with van der Waals surface area (Å²) in [6.07, 6.45) is 0.145. The third-order valence-electron chi connectivity index (χ3n) is 3.74. The molecule has 1 amide bonds. The largest absolute Gasteiger partial charge is 0.481 e. The van der Waals surface area contributed by atoms with Crippen LogP contribution in [0.5, 0.6) is 0 Å². The highest BCUT2D eigenvalue weighted by Crippen LogP contribution is 2.23. The molecule has 25 heavy (non-hydrogen) atoms. The molecule has 0 atom stereocenters. The third-order valence-corrected chi connectivity index (χ3v) is 5.08. The second kappa shape index (κ2) is 8.92. The minimum Gasteiger partial charge on any atom is -0.481 e. The van der Waals surface area contributed by atoms with Crippen molar-refractivity contribution in [3.8, 4) is 0 Å². The number of amides is 1. The summed E-state index contributed by atoms with van der Waals surface area (Å²) in [5, 5.41) is 11.9. The SMILES string of the molecule is Cc1cc(Cl)c(C(=O)Nc2cccc(CSCCC(=O)O)c2)cc1C. The van der Waals surface area contributed by atoms with Crippen LogP contribution in [-0.4, -0.2) is 22.7 Å². The number of carbonyl (C=O) groups is 2. The van der Waals surface area contributed by atoms with E-state index < -0.39 is 5.97 Å². The monoisotopic (exact) mass is 377 g/mol. The first-order chi connectivity index (χ1) is 11.9. The van der Waals surface area contributed by atoms with Gasteiger partial charge in [-0.05, 0) is 54.8 Å². The molecular formula is C19H20ClNO3S. The first kappa shape index (κ1) is 19.3. The van der Waals surface area contributed by atoms with E-state index in [-0.39, 0.29) is 12.3 Å². The lowest BCUT2D eigenvalue weighted by Gasteiger charge is -2.10. The van der Waals surface area contributed by atoms with Gasteiger partial charge in [0.1, 0.15) is 0 Å². The highest BCUT2D eigenvalue weighted by molar-refractivity contribution is 7.98. The summed E-state index contributed by atoms with van der Waals surface area (Å²) in [6, 6.07) is 11.1. The van der Waals surface area contributed by atoms with Gasteiger partial charge in [0, 0.05) is 17.2 Å². The molecule has 0 spiro atoms. The lowest BCUT2D eigenvalue weighted by Crippen LogP contribution is -2.13. The maximum Gasteiger partial charge on any atom is 0.304 e. The molecule has 0 aliphatic heterocycles. The maximum absolute atomic E-state index is 12.5. The van der Waals surface area contributed by atoms with Gasteiger partial charge in [-0.1, -0.05) is 23.7 Å². The van der Waals surface area contributed by atoms with Crippen molar-refractivity contribution in [2.24, 2.45) is 0 Å². The molecule has 0 unspecified atom stereocenters. The van der Waals surface area contributed by atoms with Crippen LogP contribution in [-0.2, 0) is 10.5 Å². The van der Waals surface area contributed by atoms with Gasteiger partial charge >= 0.3 is 5.97 Å². The molecule has 0 aliphatic rings. The zero-order valence-corrected chi connectivity index (χ0v) is 15.7. The molecule has 0 bridgehead atoms. The Hall–Kier alpha value is -1.98. The highest BCUT2D eigenvalue weighted by Gasteiger charge is 2.12. The Balaban J connectivity index is 2.03. The van der Waals surface area contributed by atoms with Gasteiger partial charge in [0.25, 0.3) is 5.91 Å². The van der Waals surface area contributed by atoms with E-state index in [9.17, 15) is 9.59 Å². The van der Waals surface area contributed by atoms with E-state index in [1.807, 2.05) is 38.1 Å². The van der Waals surface area contributed by atoms with Gasteiger partial charge in [0.05, 0.1) is 17.0 Å². The second-order valence-corrected chi connectivity index (χ2v) is 7.28. The minimum atomic E-state index is -0.793. The zero-order valence-electron chi connectivity index (χ0n) is 14.1. The molecule has 0 aromatic heterocycles. The summed E-state index contributed by atoms with van der Waals surface area (Å²) in [5.74, 6) is 0.216. The van der Waals surface area contributed by atoms with Crippen molar-refractivity contribution in [1.82, 2.24) is 0 Å². The third kappa shape index (κ3) is 5.80. The molecule has 6 heteroatoms. The molecule has 0 heterocycles. The molecule has 132 valence electrons. The van der Waals surface area contributed by atoms with Crippen LogP contribution in [0.15, 0.2) is 36.4 Å². The van der Waals surface area contributed by atoms with Gasteiger partial charge in [0.15, 0.2) is 0 Å². The molecular weight excluding hydrogens is 358 g/mol. The summed E-state index contributed by atoms with van der Waals surface area (Å²) in [6.45, 7) is 3.89. The van der Waals surface area contributed by atoms with Crippen molar-refractivity contribution in [2.45, 2.75) is 26.0 Å². The van der Waals surface area contributed by atoms with E-state index in [1.165, 1.54) is 0 Å². The molecule has 0 saturated carbocycles. The van der Waals surface area contributed by atoms with Crippen LogP contribution in [0.1, 0.15) is 33.5 Å². The van der Waals surface area contributed by atoms with Crippen molar-refractivity contribution in [2.75, 3.05) is 11.1 Å². The van der Waals surface area contributed by atoms with Gasteiger partial charge in [-0.2, -0.15) is 11.8 Å². The molecule has 0 aliphatic carbocycles. The Labute approximate surface area is 156 Å². The first-order valence-corrected chi connectivity index (χ1v) is 9.36. The number of hydrogen-bond acceptors (Lipinski definition) is 3. The number of hydrogen-bond donors (Lipinski definition) is 2. The summed E-state index contributed by atoms with van der Waals surface area (Å²) < 4.78 is 0. The highest BCUT2D eigenvalue weighted by atomic mass is 35.5. The van der Waals surface area contributed by atoms with Crippen LogP contribution in [0, 0.1) is 13.8 Å².